The molecule has 74 valence electrons. The molecular formula is C9H16N2O2. The van der Waals surface area contributed by atoms with Gasteiger partial charge in [0.1, 0.15) is 6.04 Å². The molecule has 13 heavy (non-hydrogen) atoms. The molecule has 0 aromatic rings. The van der Waals surface area contributed by atoms with Gasteiger partial charge in [0.2, 0.25) is 5.91 Å². The number of piperidine rings is 1. The molecule has 1 aliphatic heterocycles. The number of carbonyl (C=O) groups is 1. The van der Waals surface area contributed by atoms with Crippen molar-refractivity contribution in [3.8, 4) is 0 Å². The van der Waals surface area contributed by atoms with Crippen LogP contribution in [0.15, 0.2) is 0 Å². The summed E-state index contributed by atoms with van der Waals surface area (Å²) in [6, 6.07) is 0.0414. The first kappa shape index (κ1) is 8.97. The second kappa shape index (κ2) is 3.27. The Morgan fingerprint density at radius 3 is 3.00 bits per heavy atom. The maximum Gasteiger partial charge on any atom is 0.242 e. The molecule has 1 amide bonds. The normalized spacial score (nSPS) is 32.9. The van der Waals surface area contributed by atoms with Crippen LogP contribution in [0.2, 0.25) is 0 Å². The number of rotatable bonds is 3. The second-order valence-corrected chi connectivity index (χ2v) is 3.95. The van der Waals surface area contributed by atoms with Gasteiger partial charge in [0.25, 0.3) is 0 Å². The minimum Gasteiger partial charge on any atom is -0.383 e. The summed E-state index contributed by atoms with van der Waals surface area (Å²) < 4.78 is 4.86. The van der Waals surface area contributed by atoms with Crippen molar-refractivity contribution in [3.05, 3.63) is 0 Å². The largest absolute Gasteiger partial charge is 0.383 e. The maximum atomic E-state index is 11.7. The third-order valence-corrected chi connectivity index (χ3v) is 2.97. The van der Waals surface area contributed by atoms with Crippen LogP contribution in [0.3, 0.4) is 0 Å². The van der Waals surface area contributed by atoms with E-state index in [2.05, 4.69) is 0 Å². The summed E-state index contributed by atoms with van der Waals surface area (Å²) in [5.41, 5.74) is 5.67. The maximum absolute atomic E-state index is 11.7. The first-order chi connectivity index (χ1) is 6.24. The molecule has 2 N–H and O–H groups in total. The van der Waals surface area contributed by atoms with Gasteiger partial charge in [0.05, 0.1) is 6.61 Å². The van der Waals surface area contributed by atoms with Gasteiger partial charge in [0.15, 0.2) is 0 Å². The molecule has 2 fully saturated rings. The Hall–Kier alpha value is -0.610. The van der Waals surface area contributed by atoms with Gasteiger partial charge in [-0.2, -0.15) is 0 Å². The predicted molar refractivity (Wildman–Crippen MR) is 48.1 cm³/mol. The quantitative estimate of drug-likeness (QED) is 0.648. The molecule has 0 spiro atoms. The van der Waals surface area contributed by atoms with Gasteiger partial charge in [-0.25, -0.2) is 0 Å². The van der Waals surface area contributed by atoms with Crippen molar-refractivity contribution >= 4 is 5.91 Å². The zero-order valence-electron chi connectivity index (χ0n) is 7.90. The van der Waals surface area contributed by atoms with E-state index in [1.165, 1.54) is 6.42 Å². The van der Waals surface area contributed by atoms with Crippen LogP contribution in [-0.4, -0.2) is 43.2 Å². The summed E-state index contributed by atoms with van der Waals surface area (Å²) >= 11 is 0. The van der Waals surface area contributed by atoms with E-state index in [4.69, 9.17) is 10.5 Å². The lowest BCUT2D eigenvalue weighted by atomic mass is 10.3. The molecule has 0 aromatic heterocycles. The Bertz CT molecular complexity index is 220. The van der Waals surface area contributed by atoms with Crippen LogP contribution in [0.5, 0.6) is 0 Å². The third kappa shape index (κ3) is 1.56. The van der Waals surface area contributed by atoms with Crippen LogP contribution in [0.4, 0.5) is 0 Å². The van der Waals surface area contributed by atoms with Crippen molar-refractivity contribution in [3.63, 3.8) is 0 Å². The summed E-state index contributed by atoms with van der Waals surface area (Å²) in [5.74, 6) is 0.838. The fourth-order valence-corrected chi connectivity index (χ4v) is 2.13. The number of hydrogen-bond donors (Lipinski definition) is 1. The fourth-order valence-electron chi connectivity index (χ4n) is 2.13. The summed E-state index contributed by atoms with van der Waals surface area (Å²) in [6.45, 7) is 1.22. The van der Waals surface area contributed by atoms with Crippen molar-refractivity contribution in [2.24, 2.45) is 11.7 Å². The number of ether oxygens (including phenoxy) is 1. The Morgan fingerprint density at radius 1 is 1.77 bits per heavy atom. The molecule has 1 aliphatic carbocycles. The molecule has 1 saturated carbocycles. The first-order valence-corrected chi connectivity index (χ1v) is 4.79. The topological polar surface area (TPSA) is 55.6 Å². The molecule has 0 unspecified atom stereocenters. The summed E-state index contributed by atoms with van der Waals surface area (Å²) in [5, 5.41) is 0. The standard InChI is InChI=1S/C9H16N2O2/c1-13-5-7(10)9(12)11-3-2-6-4-8(6)11/h6-8H,2-5,10H2,1H3/t6-,7+,8+/m1/s1. The Balaban J connectivity index is 1.89. The van der Waals surface area contributed by atoms with E-state index in [1.54, 1.807) is 7.11 Å². The van der Waals surface area contributed by atoms with Crippen LogP contribution < -0.4 is 5.73 Å². The van der Waals surface area contributed by atoms with E-state index in [-0.39, 0.29) is 5.91 Å². The molecule has 4 heteroatoms. The number of likely N-dealkylation sites (tertiary alicyclic amines) is 1. The van der Waals surface area contributed by atoms with Crippen molar-refractivity contribution < 1.29 is 9.53 Å². The van der Waals surface area contributed by atoms with E-state index in [1.807, 2.05) is 4.90 Å². The van der Waals surface area contributed by atoms with E-state index >= 15 is 0 Å². The molecule has 1 saturated heterocycles. The lowest BCUT2D eigenvalue weighted by Gasteiger charge is -2.21. The highest BCUT2D eigenvalue weighted by Gasteiger charge is 2.49. The highest BCUT2D eigenvalue weighted by molar-refractivity contribution is 5.82. The molecule has 2 rings (SSSR count). The fraction of sp³-hybridized carbons (Fsp3) is 0.889. The second-order valence-electron chi connectivity index (χ2n) is 3.95. The first-order valence-electron chi connectivity index (χ1n) is 4.79. The Kier molecular flexibility index (Phi) is 2.26. The predicted octanol–water partition coefficient (Wildman–Crippen LogP) is -0.419. The third-order valence-electron chi connectivity index (χ3n) is 2.97. The number of nitrogens with zero attached hydrogens (tertiary/aromatic N) is 1. The van der Waals surface area contributed by atoms with Crippen LogP contribution in [0.25, 0.3) is 0 Å². The van der Waals surface area contributed by atoms with Gasteiger partial charge in [-0.1, -0.05) is 0 Å². The zero-order chi connectivity index (χ0) is 9.42. The summed E-state index contributed by atoms with van der Waals surface area (Å²) in [4.78, 5) is 13.6. The summed E-state index contributed by atoms with van der Waals surface area (Å²) in [7, 11) is 1.57. The SMILES string of the molecule is COC[C@H](N)C(=O)N1CC[C@@H]2C[C@@H]21. The number of fused-ring (bicyclic) bond motifs is 1. The van der Waals surface area contributed by atoms with Gasteiger partial charge in [0, 0.05) is 19.7 Å². The van der Waals surface area contributed by atoms with Gasteiger partial charge in [-0.15, -0.1) is 0 Å². The van der Waals surface area contributed by atoms with Gasteiger partial charge < -0.3 is 15.4 Å². The minimum absolute atomic E-state index is 0.0619. The van der Waals surface area contributed by atoms with Gasteiger partial charge in [-0.3, -0.25) is 4.79 Å². The van der Waals surface area contributed by atoms with Crippen LogP contribution >= 0.6 is 0 Å². The Morgan fingerprint density at radius 2 is 2.54 bits per heavy atom. The Labute approximate surface area is 78.0 Å². The van der Waals surface area contributed by atoms with E-state index in [0.29, 0.717) is 12.6 Å². The number of amides is 1. The monoisotopic (exact) mass is 184 g/mol. The molecular weight excluding hydrogens is 168 g/mol. The van der Waals surface area contributed by atoms with Crippen molar-refractivity contribution in [2.75, 3.05) is 20.3 Å². The highest BCUT2D eigenvalue weighted by atomic mass is 16.5. The molecule has 0 radical (unpaired) electrons. The zero-order valence-corrected chi connectivity index (χ0v) is 7.90. The van der Waals surface area contributed by atoms with Crippen LogP contribution in [0.1, 0.15) is 12.8 Å². The van der Waals surface area contributed by atoms with E-state index < -0.39 is 6.04 Å². The van der Waals surface area contributed by atoms with Crippen molar-refractivity contribution in [1.29, 1.82) is 0 Å². The molecule has 0 bridgehead atoms. The van der Waals surface area contributed by atoms with Crippen molar-refractivity contribution in [1.82, 2.24) is 4.90 Å². The summed E-state index contributed by atoms with van der Waals surface area (Å²) in [6.07, 6.45) is 2.35. The molecule has 3 atom stereocenters. The number of carbonyl (C=O) groups excluding carboxylic acids is 1. The average molecular weight is 184 g/mol. The average Bonchev–Trinajstić information content (AvgIpc) is 2.78. The molecule has 1 heterocycles. The van der Waals surface area contributed by atoms with Crippen LogP contribution in [0, 0.1) is 5.92 Å². The minimum atomic E-state index is -0.468. The van der Waals surface area contributed by atoms with Crippen LogP contribution in [-0.2, 0) is 9.53 Å². The number of nitrogens with two attached hydrogens (primary N) is 1. The number of hydrogen-bond acceptors (Lipinski definition) is 3. The van der Waals surface area contributed by atoms with Gasteiger partial charge >= 0.3 is 0 Å². The number of methoxy groups -OCH3 is 1. The van der Waals surface area contributed by atoms with Gasteiger partial charge in [-0.05, 0) is 18.8 Å². The molecule has 4 nitrogen and oxygen atoms in total. The lowest BCUT2D eigenvalue weighted by molar-refractivity contribution is -0.133. The van der Waals surface area contributed by atoms with E-state index in [0.717, 1.165) is 18.9 Å². The van der Waals surface area contributed by atoms with Crippen molar-refractivity contribution in [2.45, 2.75) is 24.9 Å². The molecule has 0 aromatic carbocycles. The highest BCUT2D eigenvalue weighted by Crippen LogP contribution is 2.44. The lowest BCUT2D eigenvalue weighted by Crippen LogP contribution is -2.46. The smallest absolute Gasteiger partial charge is 0.242 e. The molecule has 2 aliphatic rings. The van der Waals surface area contributed by atoms with E-state index in [9.17, 15) is 4.79 Å².